The van der Waals surface area contributed by atoms with Crippen molar-refractivity contribution in [1.29, 1.82) is 5.26 Å². The number of nitrogens with zero attached hydrogens (tertiary/aromatic N) is 5. The normalized spacial score (nSPS) is 22.1. The molecule has 0 radical (unpaired) electrons. The molecule has 2 heterocycles. The second-order valence-electron chi connectivity index (χ2n) is 10.1. The van der Waals surface area contributed by atoms with Crippen LogP contribution in [0, 0.1) is 11.3 Å². The number of aromatic nitrogens is 2. The summed E-state index contributed by atoms with van der Waals surface area (Å²) in [5, 5.41) is 13.6. The number of fused-ring (bicyclic) bond motifs is 1. The zero-order chi connectivity index (χ0) is 23.4. The molecule has 176 valence electrons. The Morgan fingerprint density at radius 3 is 2.55 bits per heavy atom. The van der Waals surface area contributed by atoms with E-state index in [1.165, 1.54) is 0 Å². The molecule has 8 nitrogen and oxygen atoms in total. The van der Waals surface area contributed by atoms with Crippen molar-refractivity contribution in [3.05, 3.63) is 30.1 Å². The Labute approximate surface area is 195 Å². The number of piperazine rings is 1. The van der Waals surface area contributed by atoms with Crippen molar-refractivity contribution in [2.24, 2.45) is 0 Å². The zero-order valence-corrected chi connectivity index (χ0v) is 19.9. The number of ether oxygens (including phenoxy) is 1. The first kappa shape index (κ1) is 23.2. The lowest BCUT2D eigenvalue weighted by Crippen LogP contribution is -2.53. The van der Waals surface area contributed by atoms with E-state index < -0.39 is 5.60 Å². The third-order valence-electron chi connectivity index (χ3n) is 6.50. The summed E-state index contributed by atoms with van der Waals surface area (Å²) in [5.41, 5.74) is 1.43. The van der Waals surface area contributed by atoms with Crippen molar-refractivity contribution >= 4 is 22.8 Å². The average Bonchev–Trinajstić information content (AvgIpc) is 2.79. The highest BCUT2D eigenvalue weighted by Gasteiger charge is 2.31. The fourth-order valence-electron chi connectivity index (χ4n) is 4.79. The summed E-state index contributed by atoms with van der Waals surface area (Å²) in [6.45, 7) is 8.98. The highest BCUT2D eigenvalue weighted by Crippen LogP contribution is 2.28. The molecular formula is C25H34N6O2. The largest absolute Gasteiger partial charge is 0.444 e. The lowest BCUT2D eigenvalue weighted by molar-refractivity contribution is 0.00806. The maximum atomic E-state index is 12.3. The van der Waals surface area contributed by atoms with Crippen LogP contribution >= 0.6 is 0 Å². The molecule has 0 bridgehead atoms. The number of hydrogen-bond acceptors (Lipinski definition) is 7. The molecule has 8 heteroatoms. The first-order valence-electron chi connectivity index (χ1n) is 11.9. The molecule has 1 aliphatic carbocycles. The molecule has 0 unspecified atom stereocenters. The van der Waals surface area contributed by atoms with Gasteiger partial charge in [0.1, 0.15) is 17.7 Å². The van der Waals surface area contributed by atoms with Gasteiger partial charge in [-0.05, 0) is 64.2 Å². The highest BCUT2D eigenvalue weighted by molar-refractivity contribution is 5.89. The van der Waals surface area contributed by atoms with Gasteiger partial charge in [-0.1, -0.05) is 6.07 Å². The molecule has 2 fully saturated rings. The van der Waals surface area contributed by atoms with Crippen LogP contribution in [-0.4, -0.2) is 69.7 Å². The van der Waals surface area contributed by atoms with Crippen LogP contribution < -0.4 is 5.32 Å². The molecule has 1 saturated heterocycles. The van der Waals surface area contributed by atoms with Crippen LogP contribution in [0.1, 0.15) is 52.0 Å². The number of nitrogens with one attached hydrogen (secondary N) is 1. The van der Waals surface area contributed by atoms with Gasteiger partial charge in [-0.15, -0.1) is 0 Å². The maximum Gasteiger partial charge on any atom is 0.410 e. The summed E-state index contributed by atoms with van der Waals surface area (Å²) in [5.74, 6) is 0.856. The minimum atomic E-state index is -0.452. The maximum absolute atomic E-state index is 12.3. The number of amides is 1. The Morgan fingerprint density at radius 2 is 1.88 bits per heavy atom. The molecule has 2 aliphatic rings. The van der Waals surface area contributed by atoms with Crippen LogP contribution in [0.4, 0.5) is 10.6 Å². The Kier molecular flexibility index (Phi) is 6.99. The van der Waals surface area contributed by atoms with E-state index in [0.29, 0.717) is 18.5 Å². The number of carbonyl (C=O) groups is 1. The smallest absolute Gasteiger partial charge is 0.410 e. The van der Waals surface area contributed by atoms with Crippen molar-refractivity contribution in [3.63, 3.8) is 0 Å². The second-order valence-corrected chi connectivity index (χ2v) is 10.1. The van der Waals surface area contributed by atoms with Gasteiger partial charge in [0.15, 0.2) is 0 Å². The van der Waals surface area contributed by atoms with Gasteiger partial charge in [0.2, 0.25) is 0 Å². The van der Waals surface area contributed by atoms with Crippen molar-refractivity contribution in [3.8, 4) is 6.07 Å². The number of hydrogen-bond donors (Lipinski definition) is 1. The lowest BCUT2D eigenvalue weighted by Gasteiger charge is -2.42. The lowest BCUT2D eigenvalue weighted by atomic mass is 9.89. The van der Waals surface area contributed by atoms with Gasteiger partial charge in [0.05, 0.1) is 18.0 Å². The fraction of sp³-hybridized carbons (Fsp3) is 0.600. The summed E-state index contributed by atoms with van der Waals surface area (Å²) >= 11 is 0. The quantitative estimate of drug-likeness (QED) is 0.753. The molecule has 1 aliphatic heterocycles. The molecule has 1 aromatic carbocycles. The second kappa shape index (κ2) is 9.92. The minimum absolute atomic E-state index is 0.204. The van der Waals surface area contributed by atoms with Gasteiger partial charge in [0.25, 0.3) is 0 Å². The monoisotopic (exact) mass is 450 g/mol. The third kappa shape index (κ3) is 5.91. The Bertz CT molecular complexity index is 1010. The molecule has 0 spiro atoms. The first-order chi connectivity index (χ1) is 15.8. The van der Waals surface area contributed by atoms with Crippen LogP contribution in [0.15, 0.2) is 24.5 Å². The van der Waals surface area contributed by atoms with E-state index in [0.717, 1.165) is 74.1 Å². The van der Waals surface area contributed by atoms with Crippen LogP contribution in [0.3, 0.4) is 0 Å². The number of anilines is 1. The standard InChI is InChI=1S/C25H34N6O2/c1-25(2,3)33-24(32)31-14-12-30(13-15-31)20-7-5-19(6-8-20)29-23-21-16-18(10-11-26)4-9-22(21)27-17-28-23/h4,9,16-17,19-20H,5-8,10,12-15H2,1-3H3,(H,27,28,29). The molecule has 33 heavy (non-hydrogen) atoms. The van der Waals surface area contributed by atoms with E-state index in [2.05, 4.69) is 26.3 Å². The Balaban J connectivity index is 1.29. The predicted molar refractivity (Wildman–Crippen MR) is 128 cm³/mol. The van der Waals surface area contributed by atoms with Gasteiger partial charge >= 0.3 is 6.09 Å². The summed E-state index contributed by atoms with van der Waals surface area (Å²) < 4.78 is 5.51. The molecule has 0 atom stereocenters. The van der Waals surface area contributed by atoms with Crippen LogP contribution in [0.25, 0.3) is 10.9 Å². The number of benzene rings is 1. The summed E-state index contributed by atoms with van der Waals surface area (Å²) in [4.78, 5) is 25.5. The average molecular weight is 451 g/mol. The number of nitriles is 1. The zero-order valence-electron chi connectivity index (χ0n) is 19.9. The van der Waals surface area contributed by atoms with E-state index in [1.54, 1.807) is 6.33 Å². The van der Waals surface area contributed by atoms with Crippen molar-refractivity contribution < 1.29 is 9.53 Å². The first-order valence-corrected chi connectivity index (χ1v) is 11.9. The SMILES string of the molecule is CC(C)(C)OC(=O)N1CCN(C2CCC(Nc3ncnc4ccc(CC#N)cc34)CC2)CC1. The molecule has 1 N–H and O–H groups in total. The topological polar surface area (TPSA) is 94.4 Å². The van der Waals surface area contributed by atoms with Gasteiger partial charge in [-0.2, -0.15) is 5.26 Å². The Hall–Kier alpha value is -2.92. The molecule has 4 rings (SSSR count). The Morgan fingerprint density at radius 1 is 1.15 bits per heavy atom. The van der Waals surface area contributed by atoms with Crippen LogP contribution in [-0.2, 0) is 11.2 Å². The van der Waals surface area contributed by atoms with E-state index in [4.69, 9.17) is 10.00 Å². The van der Waals surface area contributed by atoms with Crippen molar-refractivity contribution in [2.45, 2.75) is 70.6 Å². The molecular weight excluding hydrogens is 416 g/mol. The summed E-state index contributed by atoms with van der Waals surface area (Å²) in [7, 11) is 0. The van der Waals surface area contributed by atoms with Crippen molar-refractivity contribution in [1.82, 2.24) is 19.8 Å². The number of rotatable bonds is 4. The van der Waals surface area contributed by atoms with Crippen LogP contribution in [0.5, 0.6) is 0 Å². The van der Waals surface area contributed by atoms with Gasteiger partial charge in [-0.25, -0.2) is 14.8 Å². The predicted octanol–water partition coefficient (Wildman–Crippen LogP) is 3.97. The van der Waals surface area contributed by atoms with Gasteiger partial charge < -0.3 is 15.0 Å². The van der Waals surface area contributed by atoms with E-state index in [1.807, 2.05) is 43.9 Å². The minimum Gasteiger partial charge on any atom is -0.444 e. The molecule has 1 saturated carbocycles. The van der Waals surface area contributed by atoms with Gasteiger partial charge in [0, 0.05) is 43.6 Å². The summed E-state index contributed by atoms with van der Waals surface area (Å²) in [6.07, 6.45) is 6.21. The number of carbonyl (C=O) groups excluding carboxylic acids is 1. The summed E-state index contributed by atoms with van der Waals surface area (Å²) in [6, 6.07) is 9.09. The third-order valence-corrected chi connectivity index (χ3v) is 6.50. The molecule has 1 amide bonds. The molecule has 1 aromatic heterocycles. The van der Waals surface area contributed by atoms with Gasteiger partial charge in [-0.3, -0.25) is 4.90 Å². The highest BCUT2D eigenvalue weighted by atomic mass is 16.6. The van der Waals surface area contributed by atoms with E-state index >= 15 is 0 Å². The van der Waals surface area contributed by atoms with Crippen LogP contribution in [0.2, 0.25) is 0 Å². The fourth-order valence-corrected chi connectivity index (χ4v) is 4.79. The van der Waals surface area contributed by atoms with E-state index in [-0.39, 0.29) is 6.09 Å². The molecule has 2 aromatic rings. The van der Waals surface area contributed by atoms with E-state index in [9.17, 15) is 4.79 Å². The van der Waals surface area contributed by atoms with Crippen molar-refractivity contribution in [2.75, 3.05) is 31.5 Å².